The molecular weight excluding hydrogens is 266 g/mol. The van der Waals surface area contributed by atoms with Crippen molar-refractivity contribution >= 4 is 21.8 Å². The van der Waals surface area contributed by atoms with Crippen molar-refractivity contribution in [2.45, 2.75) is 39.0 Å². The van der Waals surface area contributed by atoms with Gasteiger partial charge in [-0.15, -0.1) is 0 Å². The highest BCUT2D eigenvalue weighted by molar-refractivity contribution is 9.09. The normalized spacial score (nSPS) is 27.9. The van der Waals surface area contributed by atoms with E-state index in [2.05, 4.69) is 27.8 Å². The second-order valence-corrected chi connectivity index (χ2v) is 6.19. The Morgan fingerprint density at radius 1 is 1.44 bits per heavy atom. The molecule has 1 saturated heterocycles. The molecule has 0 N–H and O–H groups in total. The number of carbonyl (C=O) groups excluding carboxylic acids is 1. The minimum atomic E-state index is 0.280. The molecule has 2 aliphatic rings. The van der Waals surface area contributed by atoms with E-state index < -0.39 is 0 Å². The lowest BCUT2D eigenvalue weighted by atomic mass is 9.94. The highest BCUT2D eigenvalue weighted by Crippen LogP contribution is 2.38. The van der Waals surface area contributed by atoms with Crippen LogP contribution in [-0.2, 0) is 4.79 Å². The summed E-state index contributed by atoms with van der Waals surface area (Å²) in [6.45, 7) is 4.12. The molecule has 0 radical (unpaired) electrons. The lowest BCUT2D eigenvalue weighted by Gasteiger charge is -2.34. The highest BCUT2D eigenvalue weighted by Gasteiger charge is 2.36. The van der Waals surface area contributed by atoms with Gasteiger partial charge in [0.25, 0.3) is 0 Å². The summed E-state index contributed by atoms with van der Waals surface area (Å²) in [6, 6.07) is 0. The number of carbonyl (C=O) groups is 1. The quantitative estimate of drug-likeness (QED) is 0.728. The third-order valence-corrected chi connectivity index (χ3v) is 4.52. The molecule has 2 unspecified atom stereocenters. The number of nitrogens with zero attached hydrogens (tertiary/aromatic N) is 1. The number of hydrogen-bond acceptors (Lipinski definition) is 1. The van der Waals surface area contributed by atoms with Crippen molar-refractivity contribution in [3.8, 4) is 0 Å². The summed E-state index contributed by atoms with van der Waals surface area (Å²) in [5.74, 6) is 2.12. The van der Waals surface area contributed by atoms with Gasteiger partial charge in [-0.1, -0.05) is 22.9 Å². The van der Waals surface area contributed by atoms with Gasteiger partial charge < -0.3 is 4.90 Å². The summed E-state index contributed by atoms with van der Waals surface area (Å²) < 4.78 is 0. The van der Waals surface area contributed by atoms with E-state index in [1.807, 2.05) is 0 Å². The van der Waals surface area contributed by atoms with Gasteiger partial charge in [0, 0.05) is 24.3 Å². The van der Waals surface area contributed by atoms with Crippen LogP contribution in [0.5, 0.6) is 0 Å². The van der Waals surface area contributed by atoms with Gasteiger partial charge in [-0.05, 0) is 43.9 Å². The Morgan fingerprint density at radius 3 is 2.81 bits per heavy atom. The third kappa shape index (κ3) is 2.99. The molecule has 16 heavy (non-hydrogen) atoms. The number of hydrogen-bond donors (Lipinski definition) is 0. The Balaban J connectivity index is 1.85. The van der Waals surface area contributed by atoms with Crippen LogP contribution in [0.4, 0.5) is 0 Å². The van der Waals surface area contributed by atoms with Crippen molar-refractivity contribution in [1.29, 1.82) is 0 Å². The van der Waals surface area contributed by atoms with Crippen molar-refractivity contribution in [3.05, 3.63) is 0 Å². The largest absolute Gasteiger partial charge is 0.342 e. The lowest BCUT2D eigenvalue weighted by Crippen LogP contribution is -2.43. The fourth-order valence-electron chi connectivity index (χ4n) is 2.74. The molecule has 0 aromatic carbocycles. The van der Waals surface area contributed by atoms with Crippen molar-refractivity contribution < 1.29 is 4.79 Å². The zero-order valence-electron chi connectivity index (χ0n) is 10.1. The molecule has 0 bridgehead atoms. The number of piperidine rings is 1. The molecule has 0 aromatic rings. The molecule has 3 heteroatoms. The van der Waals surface area contributed by atoms with Gasteiger partial charge >= 0.3 is 0 Å². The van der Waals surface area contributed by atoms with Gasteiger partial charge in [-0.3, -0.25) is 4.79 Å². The minimum absolute atomic E-state index is 0.280. The second kappa shape index (κ2) is 5.52. The van der Waals surface area contributed by atoms with Crippen molar-refractivity contribution in [2.75, 3.05) is 18.4 Å². The summed E-state index contributed by atoms with van der Waals surface area (Å²) in [4.78, 5) is 14.4. The molecule has 1 amide bonds. The summed E-state index contributed by atoms with van der Waals surface area (Å²) in [7, 11) is 0. The Bertz CT molecular complexity index is 250. The Morgan fingerprint density at radius 2 is 2.19 bits per heavy atom. The van der Waals surface area contributed by atoms with Gasteiger partial charge in [-0.2, -0.15) is 0 Å². The van der Waals surface area contributed by atoms with Gasteiger partial charge in [0.2, 0.25) is 5.91 Å². The fraction of sp³-hybridized carbons (Fsp3) is 0.923. The van der Waals surface area contributed by atoms with Crippen molar-refractivity contribution in [2.24, 2.45) is 17.8 Å². The van der Waals surface area contributed by atoms with E-state index in [-0.39, 0.29) is 5.92 Å². The average molecular weight is 288 g/mol. The Hall–Kier alpha value is -0.0500. The van der Waals surface area contributed by atoms with Crippen molar-refractivity contribution in [3.63, 3.8) is 0 Å². The van der Waals surface area contributed by atoms with Crippen LogP contribution in [0.1, 0.15) is 39.0 Å². The molecule has 1 aliphatic heterocycles. The monoisotopic (exact) mass is 287 g/mol. The first-order chi connectivity index (χ1) is 7.72. The van der Waals surface area contributed by atoms with Crippen LogP contribution in [-0.4, -0.2) is 29.2 Å². The molecule has 2 nitrogen and oxygen atoms in total. The number of amides is 1. The van der Waals surface area contributed by atoms with Crippen LogP contribution in [0.2, 0.25) is 0 Å². The number of alkyl halides is 1. The standard InChI is InChI=1S/C13H22BrNO/c1-10(12-4-5-12)13(16)15-8-2-3-11(9-15)6-7-14/h10-12H,2-9H2,1H3. The smallest absolute Gasteiger partial charge is 0.225 e. The summed E-state index contributed by atoms with van der Waals surface area (Å²) in [6.07, 6.45) is 6.24. The zero-order chi connectivity index (χ0) is 11.5. The van der Waals surface area contributed by atoms with E-state index in [0.717, 1.165) is 24.3 Å². The maximum Gasteiger partial charge on any atom is 0.225 e. The SMILES string of the molecule is CC(C(=O)N1CCCC(CCBr)C1)C1CC1. The van der Waals surface area contributed by atoms with Crippen molar-refractivity contribution in [1.82, 2.24) is 4.90 Å². The summed E-state index contributed by atoms with van der Waals surface area (Å²) in [5.41, 5.74) is 0. The van der Waals surface area contributed by atoms with E-state index in [1.165, 1.54) is 32.1 Å². The van der Waals surface area contributed by atoms with Crippen LogP contribution < -0.4 is 0 Å². The lowest BCUT2D eigenvalue weighted by molar-refractivity contribution is -0.137. The van der Waals surface area contributed by atoms with E-state index in [9.17, 15) is 4.79 Å². The predicted octanol–water partition coefficient (Wildman–Crippen LogP) is 3.06. The van der Waals surface area contributed by atoms with Gasteiger partial charge in [-0.25, -0.2) is 0 Å². The first-order valence-electron chi connectivity index (χ1n) is 6.57. The van der Waals surface area contributed by atoms with E-state index in [1.54, 1.807) is 0 Å². The Kier molecular flexibility index (Phi) is 4.28. The number of likely N-dealkylation sites (tertiary alicyclic amines) is 1. The molecule has 1 aliphatic carbocycles. The molecule has 2 atom stereocenters. The predicted molar refractivity (Wildman–Crippen MR) is 69.6 cm³/mol. The molecule has 2 fully saturated rings. The van der Waals surface area contributed by atoms with Gasteiger partial charge in [0.1, 0.15) is 0 Å². The maximum absolute atomic E-state index is 12.2. The van der Waals surface area contributed by atoms with Crippen LogP contribution >= 0.6 is 15.9 Å². The topological polar surface area (TPSA) is 20.3 Å². The van der Waals surface area contributed by atoms with E-state index in [4.69, 9.17) is 0 Å². The van der Waals surface area contributed by atoms with E-state index >= 15 is 0 Å². The molecule has 0 spiro atoms. The fourth-order valence-corrected chi connectivity index (χ4v) is 3.39. The highest BCUT2D eigenvalue weighted by atomic mass is 79.9. The second-order valence-electron chi connectivity index (χ2n) is 5.40. The maximum atomic E-state index is 12.2. The van der Waals surface area contributed by atoms with Crippen LogP contribution in [0, 0.1) is 17.8 Å². The molecule has 2 rings (SSSR count). The molecule has 1 heterocycles. The van der Waals surface area contributed by atoms with Gasteiger partial charge in [0.15, 0.2) is 0 Å². The van der Waals surface area contributed by atoms with E-state index in [0.29, 0.717) is 11.8 Å². The molecular formula is C13H22BrNO. The number of rotatable bonds is 4. The Labute approximate surface area is 107 Å². The average Bonchev–Trinajstić information content (AvgIpc) is 3.12. The van der Waals surface area contributed by atoms with Crippen LogP contribution in [0.15, 0.2) is 0 Å². The minimum Gasteiger partial charge on any atom is -0.342 e. The third-order valence-electron chi connectivity index (χ3n) is 4.07. The molecule has 0 aromatic heterocycles. The molecule has 92 valence electrons. The number of halogens is 1. The summed E-state index contributed by atoms with van der Waals surface area (Å²) in [5, 5.41) is 1.07. The van der Waals surface area contributed by atoms with Crippen LogP contribution in [0.25, 0.3) is 0 Å². The first kappa shape index (κ1) is 12.4. The zero-order valence-corrected chi connectivity index (χ0v) is 11.7. The van der Waals surface area contributed by atoms with Gasteiger partial charge in [0.05, 0.1) is 0 Å². The first-order valence-corrected chi connectivity index (χ1v) is 7.69. The van der Waals surface area contributed by atoms with Crippen LogP contribution in [0.3, 0.4) is 0 Å². The molecule has 1 saturated carbocycles. The summed E-state index contributed by atoms with van der Waals surface area (Å²) >= 11 is 3.50.